The minimum absolute atomic E-state index is 0.390. The van der Waals surface area contributed by atoms with Crippen molar-refractivity contribution >= 4 is 10.9 Å². The van der Waals surface area contributed by atoms with Gasteiger partial charge in [-0.05, 0) is 42.9 Å². The van der Waals surface area contributed by atoms with Gasteiger partial charge in [0.05, 0.1) is 13.2 Å². The van der Waals surface area contributed by atoms with E-state index in [0.717, 1.165) is 24.1 Å². The first-order valence-corrected chi connectivity index (χ1v) is 6.39. The highest BCUT2D eigenvalue weighted by atomic mass is 16.5. The molecule has 0 saturated heterocycles. The van der Waals surface area contributed by atoms with Gasteiger partial charge in [0.25, 0.3) is 0 Å². The molecule has 1 aliphatic carbocycles. The van der Waals surface area contributed by atoms with Crippen LogP contribution in [0.3, 0.4) is 0 Å². The minimum atomic E-state index is 0.390. The first-order valence-electron chi connectivity index (χ1n) is 6.39. The van der Waals surface area contributed by atoms with Gasteiger partial charge in [0, 0.05) is 29.1 Å². The summed E-state index contributed by atoms with van der Waals surface area (Å²) in [7, 11) is 1.68. The molecule has 2 aromatic rings. The number of nitriles is 1. The Morgan fingerprint density at radius 1 is 1.50 bits per heavy atom. The zero-order valence-corrected chi connectivity index (χ0v) is 10.5. The van der Waals surface area contributed by atoms with Crippen molar-refractivity contribution in [3.05, 3.63) is 29.5 Å². The van der Waals surface area contributed by atoms with Crippen molar-refractivity contribution in [3.63, 3.8) is 0 Å². The summed E-state index contributed by atoms with van der Waals surface area (Å²) in [4.78, 5) is 3.49. The van der Waals surface area contributed by atoms with Crippen LogP contribution in [0.2, 0.25) is 0 Å². The SMILES string of the molecule is COc1ccc2c3c([nH]c2c1)CCCC3CC#N. The average Bonchev–Trinajstić information content (AvgIpc) is 2.77. The number of rotatable bonds is 2. The molecular weight excluding hydrogens is 224 g/mol. The van der Waals surface area contributed by atoms with Crippen molar-refractivity contribution in [2.75, 3.05) is 7.11 Å². The number of nitrogens with zero attached hydrogens (tertiary/aromatic N) is 1. The second kappa shape index (κ2) is 4.38. The maximum Gasteiger partial charge on any atom is 0.120 e. The van der Waals surface area contributed by atoms with Gasteiger partial charge in [-0.1, -0.05) is 0 Å². The minimum Gasteiger partial charge on any atom is -0.497 e. The summed E-state index contributed by atoms with van der Waals surface area (Å²) in [5, 5.41) is 10.2. The summed E-state index contributed by atoms with van der Waals surface area (Å²) >= 11 is 0. The Hall–Kier alpha value is -1.95. The molecule has 3 rings (SSSR count). The first kappa shape index (κ1) is 11.2. The Morgan fingerprint density at radius 2 is 2.39 bits per heavy atom. The molecule has 0 amide bonds. The van der Waals surface area contributed by atoms with Crippen LogP contribution in [0.15, 0.2) is 18.2 Å². The van der Waals surface area contributed by atoms with Crippen LogP contribution in [0.1, 0.15) is 36.4 Å². The topological polar surface area (TPSA) is 48.8 Å². The number of fused-ring (bicyclic) bond motifs is 3. The molecule has 0 fully saturated rings. The van der Waals surface area contributed by atoms with Crippen LogP contribution in [-0.2, 0) is 6.42 Å². The van der Waals surface area contributed by atoms with Crippen molar-refractivity contribution in [3.8, 4) is 11.8 Å². The highest BCUT2D eigenvalue weighted by Crippen LogP contribution is 2.39. The molecule has 1 unspecified atom stereocenters. The van der Waals surface area contributed by atoms with Crippen LogP contribution in [0, 0.1) is 11.3 Å². The molecule has 92 valence electrons. The highest BCUT2D eigenvalue weighted by Gasteiger charge is 2.24. The van der Waals surface area contributed by atoms with Crippen LogP contribution in [0.25, 0.3) is 10.9 Å². The van der Waals surface area contributed by atoms with Crippen LogP contribution >= 0.6 is 0 Å². The molecule has 0 aliphatic heterocycles. The standard InChI is InChI=1S/C15H16N2O/c1-18-11-5-6-12-14(9-11)17-13-4-2-3-10(7-8-16)15(12)13/h5-6,9-10,17H,2-4,7H2,1H3. The van der Waals surface area contributed by atoms with Gasteiger partial charge in [-0.25, -0.2) is 0 Å². The number of hydrogen-bond donors (Lipinski definition) is 1. The molecule has 0 spiro atoms. The van der Waals surface area contributed by atoms with Crippen molar-refractivity contribution in [1.29, 1.82) is 5.26 Å². The monoisotopic (exact) mass is 240 g/mol. The van der Waals surface area contributed by atoms with Gasteiger partial charge in [-0.3, -0.25) is 0 Å². The van der Waals surface area contributed by atoms with Gasteiger partial charge >= 0.3 is 0 Å². The quantitative estimate of drug-likeness (QED) is 0.873. The van der Waals surface area contributed by atoms with E-state index < -0.39 is 0 Å². The third kappa shape index (κ3) is 1.65. The van der Waals surface area contributed by atoms with E-state index in [9.17, 15) is 0 Å². The van der Waals surface area contributed by atoms with Gasteiger partial charge in [-0.15, -0.1) is 0 Å². The summed E-state index contributed by atoms with van der Waals surface area (Å²) in [6.45, 7) is 0. The summed E-state index contributed by atoms with van der Waals surface area (Å²) in [6.07, 6.45) is 4.00. The number of aromatic nitrogens is 1. The maximum atomic E-state index is 8.96. The average molecular weight is 240 g/mol. The normalized spacial score (nSPS) is 18.3. The van der Waals surface area contributed by atoms with Gasteiger partial charge in [0.1, 0.15) is 5.75 Å². The second-order valence-corrected chi connectivity index (χ2v) is 4.88. The lowest BCUT2D eigenvalue weighted by Gasteiger charge is -2.20. The number of H-pyrrole nitrogens is 1. The third-order valence-electron chi connectivity index (χ3n) is 3.85. The van der Waals surface area contributed by atoms with E-state index in [4.69, 9.17) is 10.00 Å². The first-order chi connectivity index (χ1) is 8.83. The van der Waals surface area contributed by atoms with Crippen LogP contribution in [0.5, 0.6) is 5.75 Å². The predicted molar refractivity (Wildman–Crippen MR) is 70.8 cm³/mol. The maximum absolute atomic E-state index is 8.96. The van der Waals surface area contributed by atoms with Gasteiger partial charge in [0.2, 0.25) is 0 Å². The number of hydrogen-bond acceptors (Lipinski definition) is 2. The third-order valence-corrected chi connectivity index (χ3v) is 3.85. The second-order valence-electron chi connectivity index (χ2n) is 4.88. The number of nitrogens with one attached hydrogen (secondary N) is 1. The van der Waals surface area contributed by atoms with Gasteiger partial charge < -0.3 is 9.72 Å². The van der Waals surface area contributed by atoms with E-state index in [0.29, 0.717) is 12.3 Å². The van der Waals surface area contributed by atoms with E-state index in [1.54, 1.807) is 7.11 Å². The lowest BCUT2D eigenvalue weighted by Crippen LogP contribution is -2.08. The zero-order valence-electron chi connectivity index (χ0n) is 10.5. The molecule has 18 heavy (non-hydrogen) atoms. The number of benzene rings is 1. The van der Waals surface area contributed by atoms with Crippen molar-refractivity contribution in [2.24, 2.45) is 0 Å². The van der Waals surface area contributed by atoms with E-state index >= 15 is 0 Å². The fraction of sp³-hybridized carbons (Fsp3) is 0.400. The van der Waals surface area contributed by atoms with Crippen LogP contribution in [-0.4, -0.2) is 12.1 Å². The number of ether oxygens (including phenoxy) is 1. The fourth-order valence-corrected chi connectivity index (χ4v) is 3.03. The fourth-order valence-electron chi connectivity index (χ4n) is 3.03. The summed E-state index contributed by atoms with van der Waals surface area (Å²) in [5.41, 5.74) is 3.80. The Bertz CT molecular complexity index is 621. The van der Waals surface area contributed by atoms with Crippen LogP contribution < -0.4 is 4.74 Å². The molecule has 1 aromatic heterocycles. The molecule has 0 bridgehead atoms. The summed E-state index contributed by atoms with van der Waals surface area (Å²) in [6, 6.07) is 8.46. The zero-order chi connectivity index (χ0) is 12.5. The van der Waals surface area contributed by atoms with Crippen molar-refractivity contribution in [1.82, 2.24) is 4.98 Å². The Kier molecular flexibility index (Phi) is 2.71. The van der Waals surface area contributed by atoms with E-state index in [-0.39, 0.29) is 0 Å². The lowest BCUT2D eigenvalue weighted by molar-refractivity contribution is 0.415. The van der Waals surface area contributed by atoms with Gasteiger partial charge in [-0.2, -0.15) is 5.26 Å². The number of methoxy groups -OCH3 is 1. The van der Waals surface area contributed by atoms with Crippen molar-refractivity contribution in [2.45, 2.75) is 31.6 Å². The molecular formula is C15H16N2O. The molecule has 0 radical (unpaired) electrons. The van der Waals surface area contributed by atoms with E-state index in [1.807, 2.05) is 12.1 Å². The highest BCUT2D eigenvalue weighted by molar-refractivity contribution is 5.86. The van der Waals surface area contributed by atoms with E-state index in [1.165, 1.54) is 23.1 Å². The predicted octanol–water partition coefficient (Wildman–Crippen LogP) is 3.51. The molecule has 3 nitrogen and oxygen atoms in total. The van der Waals surface area contributed by atoms with Crippen molar-refractivity contribution < 1.29 is 4.74 Å². The Labute approximate surface area is 106 Å². The smallest absolute Gasteiger partial charge is 0.120 e. The Morgan fingerprint density at radius 3 is 3.17 bits per heavy atom. The molecule has 1 atom stereocenters. The van der Waals surface area contributed by atoms with Crippen LogP contribution in [0.4, 0.5) is 0 Å². The summed E-state index contributed by atoms with van der Waals surface area (Å²) < 4.78 is 5.26. The molecule has 1 aliphatic rings. The molecule has 0 saturated carbocycles. The molecule has 3 heteroatoms. The Balaban J connectivity index is 2.16. The molecule has 1 aromatic carbocycles. The van der Waals surface area contributed by atoms with E-state index in [2.05, 4.69) is 17.1 Å². The number of aryl methyl sites for hydroxylation is 1. The molecule has 1 heterocycles. The summed E-state index contributed by atoms with van der Waals surface area (Å²) in [5.74, 6) is 1.26. The largest absolute Gasteiger partial charge is 0.497 e. The van der Waals surface area contributed by atoms with Gasteiger partial charge in [0.15, 0.2) is 0 Å². The lowest BCUT2D eigenvalue weighted by atomic mass is 9.83. The number of aromatic amines is 1. The molecule has 1 N–H and O–H groups in total.